The number of benzene rings is 1. The molecule has 0 saturated heterocycles. The smallest absolute Gasteiger partial charge is 0.240 e. The van der Waals surface area contributed by atoms with Gasteiger partial charge in [0.15, 0.2) is 0 Å². The van der Waals surface area contributed by atoms with Crippen molar-refractivity contribution in [3.63, 3.8) is 0 Å². The number of halogens is 1. The average molecular weight is 408 g/mol. The van der Waals surface area contributed by atoms with Crippen molar-refractivity contribution in [1.29, 1.82) is 0 Å². The van der Waals surface area contributed by atoms with Crippen molar-refractivity contribution in [2.75, 3.05) is 17.0 Å². The number of hydrogen-bond acceptors (Lipinski definition) is 5. The SMILES string of the molecule is CCCS(=O)(=O)Nc1ccc(S(=O)(=O)N[C@@H]2CCCC[C@H]2CN)cc1F. The van der Waals surface area contributed by atoms with Crippen molar-refractivity contribution in [1.82, 2.24) is 4.72 Å². The van der Waals surface area contributed by atoms with Crippen LogP contribution in [-0.4, -0.2) is 35.2 Å². The van der Waals surface area contributed by atoms with Crippen LogP contribution in [0.2, 0.25) is 0 Å². The molecule has 1 aromatic carbocycles. The van der Waals surface area contributed by atoms with Gasteiger partial charge in [-0.15, -0.1) is 0 Å². The molecular formula is C16H26FN3O4S2. The summed E-state index contributed by atoms with van der Waals surface area (Å²) in [6.45, 7) is 2.08. The maximum Gasteiger partial charge on any atom is 0.240 e. The summed E-state index contributed by atoms with van der Waals surface area (Å²) in [5, 5.41) is 0. The van der Waals surface area contributed by atoms with Gasteiger partial charge >= 0.3 is 0 Å². The number of anilines is 1. The molecule has 148 valence electrons. The molecule has 1 aromatic rings. The van der Waals surface area contributed by atoms with Gasteiger partial charge in [-0.3, -0.25) is 4.72 Å². The van der Waals surface area contributed by atoms with Crippen LogP contribution >= 0.6 is 0 Å². The summed E-state index contributed by atoms with van der Waals surface area (Å²) in [6.07, 6.45) is 3.86. The van der Waals surface area contributed by atoms with Gasteiger partial charge in [0.2, 0.25) is 20.0 Å². The molecule has 0 radical (unpaired) electrons. The van der Waals surface area contributed by atoms with Crippen LogP contribution in [0.1, 0.15) is 39.0 Å². The lowest BCUT2D eigenvalue weighted by Gasteiger charge is -2.31. The molecule has 0 bridgehead atoms. The van der Waals surface area contributed by atoms with E-state index in [1.165, 1.54) is 6.07 Å². The zero-order valence-corrected chi connectivity index (χ0v) is 16.4. The van der Waals surface area contributed by atoms with E-state index in [4.69, 9.17) is 5.73 Å². The predicted octanol–water partition coefficient (Wildman–Crippen LogP) is 1.77. The summed E-state index contributed by atoms with van der Waals surface area (Å²) in [5.74, 6) is -1.02. The molecule has 0 amide bonds. The molecule has 0 unspecified atom stereocenters. The third-order valence-corrected chi connectivity index (χ3v) is 7.47. The van der Waals surface area contributed by atoms with Gasteiger partial charge in [0.05, 0.1) is 16.3 Å². The van der Waals surface area contributed by atoms with Crippen molar-refractivity contribution < 1.29 is 21.2 Å². The Hall–Kier alpha value is -1.23. The molecule has 1 saturated carbocycles. The zero-order chi connectivity index (χ0) is 19.4. The van der Waals surface area contributed by atoms with E-state index in [2.05, 4.69) is 9.44 Å². The van der Waals surface area contributed by atoms with Crippen LogP contribution in [0, 0.1) is 11.7 Å². The van der Waals surface area contributed by atoms with Crippen LogP contribution in [0.3, 0.4) is 0 Å². The summed E-state index contributed by atoms with van der Waals surface area (Å²) in [6, 6.07) is 2.87. The topological polar surface area (TPSA) is 118 Å². The second-order valence-corrected chi connectivity index (χ2v) is 10.1. The highest BCUT2D eigenvalue weighted by Crippen LogP contribution is 2.26. The summed E-state index contributed by atoms with van der Waals surface area (Å²) in [5.41, 5.74) is 5.45. The average Bonchev–Trinajstić information content (AvgIpc) is 2.56. The molecule has 1 aliphatic rings. The third kappa shape index (κ3) is 5.38. The molecule has 10 heteroatoms. The molecule has 0 aromatic heterocycles. The van der Waals surface area contributed by atoms with Crippen molar-refractivity contribution in [2.24, 2.45) is 11.7 Å². The highest BCUT2D eigenvalue weighted by atomic mass is 32.2. The number of hydrogen-bond donors (Lipinski definition) is 3. The molecule has 4 N–H and O–H groups in total. The Morgan fingerprint density at radius 1 is 1.19 bits per heavy atom. The lowest BCUT2D eigenvalue weighted by atomic mass is 9.85. The quantitative estimate of drug-likeness (QED) is 0.607. The number of nitrogens with one attached hydrogen (secondary N) is 2. The van der Waals surface area contributed by atoms with Gasteiger partial charge in [0.1, 0.15) is 5.82 Å². The summed E-state index contributed by atoms with van der Waals surface area (Å²) < 4.78 is 67.6. The molecule has 26 heavy (non-hydrogen) atoms. The van der Waals surface area contributed by atoms with Gasteiger partial charge in [0, 0.05) is 6.04 Å². The first-order valence-corrected chi connectivity index (χ1v) is 11.8. The minimum absolute atomic E-state index is 0.0588. The Labute approximate surface area is 154 Å². The van der Waals surface area contributed by atoms with Crippen molar-refractivity contribution in [3.8, 4) is 0 Å². The van der Waals surface area contributed by atoms with E-state index >= 15 is 0 Å². The molecule has 0 spiro atoms. The summed E-state index contributed by atoms with van der Waals surface area (Å²) in [4.78, 5) is -0.241. The number of sulfonamides is 2. The van der Waals surface area contributed by atoms with E-state index in [9.17, 15) is 21.2 Å². The standard InChI is InChI=1S/C16H26FN3O4S2/c1-2-9-25(21,22)19-16-8-7-13(10-14(16)17)26(23,24)20-15-6-4-3-5-12(15)11-18/h7-8,10,12,15,19-20H,2-6,9,11,18H2,1H3/t12-,15+/m0/s1. The fourth-order valence-corrected chi connectivity index (χ4v) is 5.64. The fourth-order valence-electron chi connectivity index (χ4n) is 3.15. The van der Waals surface area contributed by atoms with Crippen molar-refractivity contribution in [2.45, 2.75) is 50.0 Å². The second kappa shape index (κ2) is 8.64. The van der Waals surface area contributed by atoms with Gasteiger partial charge in [0.25, 0.3) is 0 Å². The molecule has 2 atom stereocenters. The van der Waals surface area contributed by atoms with Gasteiger partial charge in [-0.2, -0.15) is 0 Å². The zero-order valence-electron chi connectivity index (χ0n) is 14.7. The lowest BCUT2D eigenvalue weighted by Crippen LogP contribution is -2.44. The first-order valence-electron chi connectivity index (χ1n) is 8.71. The Morgan fingerprint density at radius 2 is 1.88 bits per heavy atom. The molecule has 2 rings (SSSR count). The monoisotopic (exact) mass is 407 g/mol. The van der Waals surface area contributed by atoms with Crippen LogP contribution in [0.15, 0.2) is 23.1 Å². The predicted molar refractivity (Wildman–Crippen MR) is 99.2 cm³/mol. The summed E-state index contributed by atoms with van der Waals surface area (Å²) >= 11 is 0. The van der Waals surface area contributed by atoms with Gasteiger partial charge in [-0.1, -0.05) is 19.8 Å². The van der Waals surface area contributed by atoms with Gasteiger partial charge < -0.3 is 5.73 Å². The van der Waals surface area contributed by atoms with Crippen LogP contribution < -0.4 is 15.2 Å². The highest BCUT2D eigenvalue weighted by Gasteiger charge is 2.29. The second-order valence-electron chi connectivity index (χ2n) is 6.57. The van der Waals surface area contributed by atoms with Crippen LogP contribution in [-0.2, 0) is 20.0 Å². The van der Waals surface area contributed by atoms with Crippen LogP contribution in [0.25, 0.3) is 0 Å². The van der Waals surface area contributed by atoms with E-state index in [1.807, 2.05) is 0 Å². The maximum absolute atomic E-state index is 14.2. The minimum atomic E-state index is -3.92. The number of nitrogens with two attached hydrogens (primary N) is 1. The largest absolute Gasteiger partial charge is 0.330 e. The van der Waals surface area contributed by atoms with Gasteiger partial charge in [-0.05, 0) is 49.9 Å². The Bertz CT molecular complexity index is 828. The lowest BCUT2D eigenvalue weighted by molar-refractivity contribution is 0.296. The van der Waals surface area contributed by atoms with E-state index < -0.39 is 25.9 Å². The molecule has 1 aliphatic carbocycles. The molecule has 7 nitrogen and oxygen atoms in total. The van der Waals surface area contributed by atoms with E-state index in [1.54, 1.807) is 6.92 Å². The van der Waals surface area contributed by atoms with Crippen LogP contribution in [0.5, 0.6) is 0 Å². The van der Waals surface area contributed by atoms with Gasteiger partial charge in [-0.25, -0.2) is 25.9 Å². The highest BCUT2D eigenvalue weighted by molar-refractivity contribution is 7.92. The van der Waals surface area contributed by atoms with Crippen molar-refractivity contribution in [3.05, 3.63) is 24.0 Å². The number of rotatable bonds is 8. The van der Waals surface area contributed by atoms with Crippen molar-refractivity contribution >= 4 is 25.7 Å². The normalized spacial score (nSPS) is 21.5. The molecule has 0 heterocycles. The third-order valence-electron chi connectivity index (χ3n) is 4.51. The molecule has 0 aliphatic heterocycles. The fraction of sp³-hybridized carbons (Fsp3) is 0.625. The van der Waals surface area contributed by atoms with E-state index in [0.29, 0.717) is 19.4 Å². The first kappa shape index (κ1) is 21.1. The Balaban J connectivity index is 2.18. The summed E-state index contributed by atoms with van der Waals surface area (Å²) in [7, 11) is -7.58. The molecule has 1 fully saturated rings. The first-order chi connectivity index (χ1) is 12.2. The Morgan fingerprint density at radius 3 is 2.50 bits per heavy atom. The molecular weight excluding hydrogens is 381 g/mol. The van der Waals surface area contributed by atoms with E-state index in [0.717, 1.165) is 31.4 Å². The minimum Gasteiger partial charge on any atom is -0.330 e. The maximum atomic E-state index is 14.2. The van der Waals surface area contributed by atoms with Crippen LogP contribution in [0.4, 0.5) is 10.1 Å². The Kier molecular flexibility index (Phi) is 7.00. The van der Waals surface area contributed by atoms with E-state index in [-0.39, 0.29) is 28.3 Å².